The van der Waals surface area contributed by atoms with Gasteiger partial charge in [0.1, 0.15) is 24.4 Å². The molecule has 0 spiro atoms. The van der Waals surface area contributed by atoms with Crippen LogP contribution in [-0.2, 0) is 4.74 Å². The fourth-order valence-corrected chi connectivity index (χ4v) is 1.07. The van der Waals surface area contributed by atoms with Crippen molar-refractivity contribution in [3.05, 3.63) is 0 Å². The second-order valence-electron chi connectivity index (χ2n) is 2.61. The van der Waals surface area contributed by atoms with E-state index in [-0.39, 0.29) is 6.61 Å². The summed E-state index contributed by atoms with van der Waals surface area (Å²) in [4.78, 5) is 0. The van der Waals surface area contributed by atoms with Crippen LogP contribution < -0.4 is 0 Å². The number of ether oxygens (including phenoxy) is 1. The molecule has 3 unspecified atom stereocenters. The Bertz CT molecular complexity index is 128. The Hall–Kier alpha value is -0.200. The minimum Gasteiger partial charge on any atom is -0.394 e. The molecule has 0 radical (unpaired) electrons. The topological polar surface area (TPSA) is 90.2 Å². The van der Waals surface area contributed by atoms with E-state index in [0.29, 0.717) is 0 Å². The number of rotatable bonds is 2. The molecule has 0 aliphatic carbocycles. The fourth-order valence-electron chi connectivity index (χ4n) is 1.07. The lowest BCUT2D eigenvalue weighted by molar-refractivity contribution is -0.0684. The Kier molecular flexibility index (Phi) is 2.80. The highest BCUT2D eigenvalue weighted by Crippen LogP contribution is 2.16. The molecule has 66 valence electrons. The van der Waals surface area contributed by atoms with Crippen LogP contribution in [0, 0.1) is 0 Å². The maximum Gasteiger partial charge on any atom is 0.114 e. The molecule has 0 bridgehead atoms. The van der Waals surface area contributed by atoms with E-state index in [1.54, 1.807) is 0 Å². The van der Waals surface area contributed by atoms with Crippen molar-refractivity contribution < 1.29 is 25.2 Å². The van der Waals surface area contributed by atoms with Gasteiger partial charge in [0.15, 0.2) is 0 Å². The largest absolute Gasteiger partial charge is 0.394 e. The summed E-state index contributed by atoms with van der Waals surface area (Å²) in [5.41, 5.74) is 0. The SMILES string of the molecule is OCC(O)[C@@H]1OCC(O)C1O. The van der Waals surface area contributed by atoms with Gasteiger partial charge in [0.25, 0.3) is 0 Å². The van der Waals surface area contributed by atoms with Gasteiger partial charge in [-0.15, -0.1) is 0 Å². The highest BCUT2D eigenvalue weighted by atomic mass is 16.5. The van der Waals surface area contributed by atoms with Crippen LogP contribution in [0.25, 0.3) is 0 Å². The Morgan fingerprint density at radius 1 is 1.45 bits per heavy atom. The molecule has 0 aromatic heterocycles. The van der Waals surface area contributed by atoms with Gasteiger partial charge in [-0.3, -0.25) is 0 Å². The van der Waals surface area contributed by atoms with Gasteiger partial charge in [0, 0.05) is 0 Å². The van der Waals surface area contributed by atoms with Crippen molar-refractivity contribution in [3.63, 3.8) is 0 Å². The summed E-state index contributed by atoms with van der Waals surface area (Å²) in [5.74, 6) is 0. The Balaban J connectivity index is 2.47. The molecule has 1 aliphatic rings. The quantitative estimate of drug-likeness (QED) is 0.361. The van der Waals surface area contributed by atoms with Gasteiger partial charge in [-0.25, -0.2) is 0 Å². The van der Waals surface area contributed by atoms with Crippen LogP contribution in [0.15, 0.2) is 0 Å². The molecule has 1 rings (SSSR count). The van der Waals surface area contributed by atoms with E-state index in [9.17, 15) is 0 Å². The Morgan fingerprint density at radius 3 is 2.45 bits per heavy atom. The third kappa shape index (κ3) is 1.69. The Morgan fingerprint density at radius 2 is 2.09 bits per heavy atom. The smallest absolute Gasteiger partial charge is 0.114 e. The second kappa shape index (κ2) is 3.46. The number of aliphatic hydroxyl groups is 4. The second-order valence-corrected chi connectivity index (χ2v) is 2.61. The molecule has 1 heterocycles. The normalized spacial score (nSPS) is 40.9. The predicted octanol–water partition coefficient (Wildman–Crippen LogP) is -2.54. The fraction of sp³-hybridized carbons (Fsp3) is 1.00. The number of hydrogen-bond acceptors (Lipinski definition) is 5. The van der Waals surface area contributed by atoms with Crippen LogP contribution >= 0.6 is 0 Å². The molecule has 1 aliphatic heterocycles. The van der Waals surface area contributed by atoms with E-state index in [1.807, 2.05) is 0 Å². The van der Waals surface area contributed by atoms with Crippen molar-refractivity contribution in [2.45, 2.75) is 24.4 Å². The lowest BCUT2D eigenvalue weighted by Gasteiger charge is -2.18. The van der Waals surface area contributed by atoms with E-state index >= 15 is 0 Å². The molecular weight excluding hydrogens is 152 g/mol. The van der Waals surface area contributed by atoms with Gasteiger partial charge in [0.2, 0.25) is 0 Å². The summed E-state index contributed by atoms with van der Waals surface area (Å²) in [6.45, 7) is -0.475. The molecule has 0 aromatic carbocycles. The van der Waals surface area contributed by atoms with Crippen molar-refractivity contribution >= 4 is 0 Å². The highest BCUT2D eigenvalue weighted by Gasteiger charge is 2.38. The van der Waals surface area contributed by atoms with E-state index in [4.69, 9.17) is 25.2 Å². The molecule has 5 nitrogen and oxygen atoms in total. The third-order valence-corrected chi connectivity index (χ3v) is 1.76. The summed E-state index contributed by atoms with van der Waals surface area (Å²) >= 11 is 0. The van der Waals surface area contributed by atoms with Crippen LogP contribution in [0.4, 0.5) is 0 Å². The van der Waals surface area contributed by atoms with Gasteiger partial charge in [0.05, 0.1) is 13.2 Å². The van der Waals surface area contributed by atoms with Crippen LogP contribution in [0.2, 0.25) is 0 Å². The van der Waals surface area contributed by atoms with Crippen molar-refractivity contribution in [2.24, 2.45) is 0 Å². The molecule has 4 N–H and O–H groups in total. The standard InChI is InChI=1S/C6H12O5/c7-1-3(8)6-5(10)4(9)2-11-6/h3-10H,1-2H2/t3?,4?,5?,6-/m0/s1. The Labute approximate surface area is 63.8 Å². The predicted molar refractivity (Wildman–Crippen MR) is 34.8 cm³/mol. The monoisotopic (exact) mass is 164 g/mol. The summed E-state index contributed by atoms with van der Waals surface area (Å²) < 4.78 is 4.82. The molecule has 0 aromatic rings. The number of hydrogen-bond donors (Lipinski definition) is 4. The van der Waals surface area contributed by atoms with Gasteiger partial charge < -0.3 is 25.2 Å². The zero-order valence-electron chi connectivity index (χ0n) is 5.92. The van der Waals surface area contributed by atoms with Crippen LogP contribution in [0.3, 0.4) is 0 Å². The third-order valence-electron chi connectivity index (χ3n) is 1.76. The van der Waals surface area contributed by atoms with Gasteiger partial charge >= 0.3 is 0 Å². The zero-order chi connectivity index (χ0) is 8.43. The van der Waals surface area contributed by atoms with E-state index in [2.05, 4.69) is 0 Å². The van der Waals surface area contributed by atoms with Crippen LogP contribution in [0.1, 0.15) is 0 Å². The average molecular weight is 164 g/mol. The first-order valence-electron chi connectivity index (χ1n) is 3.43. The average Bonchev–Trinajstić information content (AvgIpc) is 2.32. The van der Waals surface area contributed by atoms with Crippen molar-refractivity contribution in [2.75, 3.05) is 13.2 Å². The first-order chi connectivity index (χ1) is 5.16. The van der Waals surface area contributed by atoms with Gasteiger partial charge in [-0.1, -0.05) is 0 Å². The van der Waals surface area contributed by atoms with Crippen molar-refractivity contribution in [1.82, 2.24) is 0 Å². The molecule has 4 atom stereocenters. The molecule has 11 heavy (non-hydrogen) atoms. The summed E-state index contributed by atoms with van der Waals surface area (Å²) in [6.07, 6.45) is -4.05. The molecule has 0 amide bonds. The molecular formula is C6H12O5. The minimum atomic E-state index is -1.12. The lowest BCUT2D eigenvalue weighted by Crippen LogP contribution is -2.40. The molecule has 1 fully saturated rings. The summed E-state index contributed by atoms with van der Waals surface area (Å²) in [5, 5.41) is 35.5. The van der Waals surface area contributed by atoms with Crippen molar-refractivity contribution in [1.29, 1.82) is 0 Å². The maximum atomic E-state index is 9.11. The van der Waals surface area contributed by atoms with Crippen LogP contribution in [-0.4, -0.2) is 58.1 Å². The van der Waals surface area contributed by atoms with Gasteiger partial charge in [-0.2, -0.15) is 0 Å². The maximum absolute atomic E-state index is 9.11. The highest BCUT2D eigenvalue weighted by molar-refractivity contribution is 4.87. The minimum absolute atomic E-state index is 0.00287. The first-order valence-corrected chi connectivity index (χ1v) is 3.43. The molecule has 1 saturated heterocycles. The van der Waals surface area contributed by atoms with E-state index in [0.717, 1.165) is 0 Å². The van der Waals surface area contributed by atoms with E-state index < -0.39 is 31.0 Å². The summed E-state index contributed by atoms with van der Waals surface area (Å²) in [6, 6.07) is 0. The summed E-state index contributed by atoms with van der Waals surface area (Å²) in [7, 11) is 0. The zero-order valence-corrected chi connectivity index (χ0v) is 5.92. The number of aliphatic hydroxyl groups excluding tert-OH is 4. The van der Waals surface area contributed by atoms with E-state index in [1.165, 1.54) is 0 Å². The van der Waals surface area contributed by atoms with Crippen LogP contribution in [0.5, 0.6) is 0 Å². The first kappa shape index (κ1) is 8.89. The molecule has 5 heteroatoms. The van der Waals surface area contributed by atoms with Gasteiger partial charge in [-0.05, 0) is 0 Å². The molecule has 0 saturated carbocycles. The lowest BCUT2D eigenvalue weighted by atomic mass is 10.1. The van der Waals surface area contributed by atoms with Crippen molar-refractivity contribution in [3.8, 4) is 0 Å².